The Kier molecular flexibility index (Phi) is 4.01. The summed E-state index contributed by atoms with van der Waals surface area (Å²) in [6.45, 7) is 8.18. The van der Waals surface area contributed by atoms with E-state index >= 15 is 0 Å². The van der Waals surface area contributed by atoms with E-state index in [1.165, 1.54) is 5.57 Å². The quantitative estimate of drug-likeness (QED) is 0.659. The Morgan fingerprint density at radius 2 is 1.92 bits per heavy atom. The van der Waals surface area contributed by atoms with Crippen LogP contribution >= 0.6 is 0 Å². The molecule has 0 saturated heterocycles. The van der Waals surface area contributed by atoms with Crippen molar-refractivity contribution in [3.8, 4) is 0 Å². The van der Waals surface area contributed by atoms with E-state index in [-0.39, 0.29) is 11.8 Å². The average molecular weight is 170 g/mol. The Labute approximate surface area is 74.3 Å². The second-order valence-corrected chi connectivity index (χ2v) is 4.10. The van der Waals surface area contributed by atoms with Crippen LogP contribution in [0.5, 0.6) is 0 Å². The summed E-state index contributed by atoms with van der Waals surface area (Å²) in [5.41, 5.74) is 1.25. The first-order chi connectivity index (χ1) is 5.33. The molecule has 0 atom stereocenters. The van der Waals surface area contributed by atoms with Crippen LogP contribution in [-0.2, 0) is 4.79 Å². The van der Waals surface area contributed by atoms with Crippen molar-refractivity contribution in [3.05, 3.63) is 11.6 Å². The Bertz CT molecular complexity index is 186. The molecule has 0 aromatic carbocycles. The first-order valence-electron chi connectivity index (χ1n) is 4.21. The second-order valence-electron chi connectivity index (χ2n) is 4.10. The fourth-order valence-corrected chi connectivity index (χ4v) is 1.28. The number of hydrogen-bond donors (Lipinski definition) is 1. The van der Waals surface area contributed by atoms with Gasteiger partial charge >= 0.3 is 5.97 Å². The minimum absolute atomic E-state index is 0.0111. The van der Waals surface area contributed by atoms with Crippen molar-refractivity contribution in [1.82, 2.24) is 0 Å². The normalized spacial score (nSPS) is 11.0. The minimum Gasteiger partial charge on any atom is -0.481 e. The van der Waals surface area contributed by atoms with Gasteiger partial charge in [-0.3, -0.25) is 4.79 Å². The Hall–Kier alpha value is -0.790. The van der Waals surface area contributed by atoms with Gasteiger partial charge in [0.1, 0.15) is 0 Å². The van der Waals surface area contributed by atoms with Crippen LogP contribution in [-0.4, -0.2) is 11.1 Å². The van der Waals surface area contributed by atoms with Crippen LogP contribution in [0, 0.1) is 5.41 Å². The molecule has 0 saturated carbocycles. The maximum Gasteiger partial charge on any atom is 0.303 e. The van der Waals surface area contributed by atoms with Crippen LogP contribution in [0.25, 0.3) is 0 Å². The van der Waals surface area contributed by atoms with E-state index in [9.17, 15) is 4.79 Å². The van der Waals surface area contributed by atoms with Gasteiger partial charge < -0.3 is 5.11 Å². The second kappa shape index (κ2) is 4.29. The highest BCUT2D eigenvalue weighted by molar-refractivity contribution is 5.66. The van der Waals surface area contributed by atoms with Crippen LogP contribution in [0.3, 0.4) is 0 Å². The van der Waals surface area contributed by atoms with Crippen molar-refractivity contribution in [1.29, 1.82) is 0 Å². The molecule has 2 heteroatoms. The molecule has 70 valence electrons. The summed E-state index contributed by atoms with van der Waals surface area (Å²) in [6, 6.07) is 0. The van der Waals surface area contributed by atoms with E-state index in [1.54, 1.807) is 0 Å². The van der Waals surface area contributed by atoms with E-state index in [4.69, 9.17) is 5.11 Å². The van der Waals surface area contributed by atoms with Crippen molar-refractivity contribution in [2.24, 2.45) is 5.41 Å². The van der Waals surface area contributed by atoms with Crippen molar-refractivity contribution >= 4 is 5.97 Å². The molecule has 0 bridgehead atoms. The van der Waals surface area contributed by atoms with Crippen LogP contribution in [0.4, 0.5) is 0 Å². The molecule has 0 aliphatic heterocycles. The number of aliphatic carboxylic acids is 1. The lowest BCUT2D eigenvalue weighted by atomic mass is 9.86. The van der Waals surface area contributed by atoms with E-state index in [2.05, 4.69) is 19.9 Å². The third-order valence-electron chi connectivity index (χ3n) is 1.66. The van der Waals surface area contributed by atoms with Gasteiger partial charge in [-0.1, -0.05) is 25.5 Å². The van der Waals surface area contributed by atoms with E-state index < -0.39 is 5.97 Å². The molecule has 0 fully saturated rings. The Morgan fingerprint density at radius 3 is 2.25 bits per heavy atom. The largest absolute Gasteiger partial charge is 0.481 e. The van der Waals surface area contributed by atoms with Gasteiger partial charge in [0.15, 0.2) is 0 Å². The van der Waals surface area contributed by atoms with Gasteiger partial charge in [0.25, 0.3) is 0 Å². The molecule has 2 nitrogen and oxygen atoms in total. The standard InChI is InChI=1S/C10H18O2/c1-8(2)7-10(3,4)6-5-9(11)12/h7H,5-6H2,1-4H3,(H,11,12). The number of carbonyl (C=O) groups is 1. The molecule has 0 spiro atoms. The molecule has 0 unspecified atom stereocenters. The van der Waals surface area contributed by atoms with E-state index in [1.807, 2.05) is 13.8 Å². The van der Waals surface area contributed by atoms with Gasteiger partial charge in [0.05, 0.1) is 0 Å². The molecular weight excluding hydrogens is 152 g/mol. The van der Waals surface area contributed by atoms with Gasteiger partial charge in [0.2, 0.25) is 0 Å². The summed E-state index contributed by atoms with van der Waals surface area (Å²) in [6.07, 6.45) is 3.07. The highest BCUT2D eigenvalue weighted by Gasteiger charge is 2.15. The lowest BCUT2D eigenvalue weighted by Gasteiger charge is -2.19. The predicted molar refractivity (Wildman–Crippen MR) is 50.1 cm³/mol. The molecular formula is C10H18O2. The molecule has 0 amide bonds. The molecule has 0 aliphatic carbocycles. The first-order valence-corrected chi connectivity index (χ1v) is 4.21. The Balaban J connectivity index is 4.05. The highest BCUT2D eigenvalue weighted by atomic mass is 16.4. The van der Waals surface area contributed by atoms with Crippen molar-refractivity contribution in [2.45, 2.75) is 40.5 Å². The monoisotopic (exact) mass is 170 g/mol. The van der Waals surface area contributed by atoms with Crippen LogP contribution in [0.1, 0.15) is 40.5 Å². The van der Waals surface area contributed by atoms with Crippen molar-refractivity contribution in [2.75, 3.05) is 0 Å². The topological polar surface area (TPSA) is 37.3 Å². The number of rotatable bonds is 4. The summed E-state index contributed by atoms with van der Waals surface area (Å²) in [5, 5.41) is 8.49. The molecule has 12 heavy (non-hydrogen) atoms. The molecule has 0 aliphatic rings. The minimum atomic E-state index is -0.717. The molecule has 0 aromatic rings. The van der Waals surface area contributed by atoms with Gasteiger partial charge in [-0.2, -0.15) is 0 Å². The summed E-state index contributed by atoms with van der Waals surface area (Å²) >= 11 is 0. The first kappa shape index (κ1) is 11.2. The van der Waals surface area contributed by atoms with E-state index in [0.717, 1.165) is 0 Å². The zero-order valence-corrected chi connectivity index (χ0v) is 8.35. The summed E-state index contributed by atoms with van der Waals surface area (Å²) in [5.74, 6) is -0.717. The van der Waals surface area contributed by atoms with Gasteiger partial charge in [-0.05, 0) is 25.7 Å². The zero-order valence-electron chi connectivity index (χ0n) is 8.35. The fraction of sp³-hybridized carbons (Fsp3) is 0.700. The SMILES string of the molecule is CC(C)=CC(C)(C)CCC(=O)O. The summed E-state index contributed by atoms with van der Waals surface area (Å²) < 4.78 is 0. The number of allylic oxidation sites excluding steroid dienone is 2. The lowest BCUT2D eigenvalue weighted by molar-refractivity contribution is -0.137. The molecule has 0 rings (SSSR count). The van der Waals surface area contributed by atoms with Crippen LogP contribution < -0.4 is 0 Å². The maximum atomic E-state index is 10.3. The van der Waals surface area contributed by atoms with Crippen molar-refractivity contribution in [3.63, 3.8) is 0 Å². The highest BCUT2D eigenvalue weighted by Crippen LogP contribution is 2.25. The van der Waals surface area contributed by atoms with Crippen molar-refractivity contribution < 1.29 is 9.90 Å². The summed E-state index contributed by atoms with van der Waals surface area (Å²) in [4.78, 5) is 10.3. The number of carboxylic acid groups (broad SMARTS) is 1. The third-order valence-corrected chi connectivity index (χ3v) is 1.66. The Morgan fingerprint density at radius 1 is 1.42 bits per heavy atom. The maximum absolute atomic E-state index is 10.3. The lowest BCUT2D eigenvalue weighted by Crippen LogP contribution is -2.10. The van der Waals surface area contributed by atoms with Crippen LogP contribution in [0.15, 0.2) is 11.6 Å². The molecule has 0 heterocycles. The van der Waals surface area contributed by atoms with Gasteiger partial charge in [0, 0.05) is 6.42 Å². The third kappa shape index (κ3) is 5.96. The van der Waals surface area contributed by atoms with Gasteiger partial charge in [-0.25, -0.2) is 0 Å². The number of carboxylic acids is 1. The fourth-order valence-electron chi connectivity index (χ4n) is 1.28. The molecule has 0 radical (unpaired) electrons. The summed E-state index contributed by atoms with van der Waals surface area (Å²) in [7, 11) is 0. The van der Waals surface area contributed by atoms with Crippen LogP contribution in [0.2, 0.25) is 0 Å². The molecule has 1 N–H and O–H groups in total. The average Bonchev–Trinajstić information content (AvgIpc) is 1.81. The van der Waals surface area contributed by atoms with Gasteiger partial charge in [-0.15, -0.1) is 0 Å². The zero-order chi connectivity index (χ0) is 9.78. The predicted octanol–water partition coefficient (Wildman–Crippen LogP) is 2.84. The van der Waals surface area contributed by atoms with E-state index in [0.29, 0.717) is 6.42 Å². The molecule has 0 aromatic heterocycles. The number of hydrogen-bond acceptors (Lipinski definition) is 1. The smallest absolute Gasteiger partial charge is 0.303 e.